The lowest BCUT2D eigenvalue weighted by molar-refractivity contribution is -0.143. The van der Waals surface area contributed by atoms with Crippen LogP contribution in [0.5, 0.6) is 0 Å². The first kappa shape index (κ1) is 28.9. The van der Waals surface area contributed by atoms with Crippen LogP contribution in [0.1, 0.15) is 32.3 Å². The highest BCUT2D eigenvalue weighted by Crippen LogP contribution is 2.07. The summed E-state index contributed by atoms with van der Waals surface area (Å²) in [5.41, 5.74) is 12.0. The lowest BCUT2D eigenvalue weighted by Gasteiger charge is -2.24. The van der Waals surface area contributed by atoms with Gasteiger partial charge in [-0.05, 0) is 24.3 Å². The first-order chi connectivity index (χ1) is 15.9. The third kappa shape index (κ3) is 10.2. The van der Waals surface area contributed by atoms with E-state index in [1.54, 1.807) is 13.8 Å². The number of amides is 4. The molecule has 0 aliphatic carbocycles. The minimum Gasteiger partial charge on any atom is -0.480 e. The van der Waals surface area contributed by atoms with Crippen LogP contribution in [-0.2, 0) is 30.4 Å². The molecule has 4 amide bonds. The number of nitrogens with one attached hydrogen (secondary N) is 3. The predicted molar refractivity (Wildman–Crippen MR) is 129 cm³/mol. The van der Waals surface area contributed by atoms with Gasteiger partial charge in [-0.1, -0.05) is 44.2 Å². The molecule has 0 heterocycles. The van der Waals surface area contributed by atoms with Crippen LogP contribution >= 0.6 is 12.6 Å². The van der Waals surface area contributed by atoms with Crippen LogP contribution in [0.15, 0.2) is 30.3 Å². The number of carboxylic acid groups (broad SMARTS) is 1. The summed E-state index contributed by atoms with van der Waals surface area (Å²) in [6.45, 7) is 3.57. The number of carbonyl (C=O) groups is 5. The predicted octanol–water partition coefficient (Wildman–Crippen LogP) is -1.05. The Morgan fingerprint density at radius 3 is 1.94 bits per heavy atom. The first-order valence-electron chi connectivity index (χ1n) is 10.8. The Kier molecular flexibility index (Phi) is 12.1. The van der Waals surface area contributed by atoms with E-state index in [-0.39, 0.29) is 24.5 Å². The molecule has 4 atom stereocenters. The molecule has 4 unspecified atom stereocenters. The minimum absolute atomic E-state index is 0.0329. The second-order valence-corrected chi connectivity index (χ2v) is 8.67. The summed E-state index contributed by atoms with van der Waals surface area (Å²) < 4.78 is 0. The van der Waals surface area contributed by atoms with Crippen molar-refractivity contribution in [3.63, 3.8) is 0 Å². The molecule has 0 aromatic heterocycles. The summed E-state index contributed by atoms with van der Waals surface area (Å²) in [6.07, 6.45) is -0.175. The molecule has 34 heavy (non-hydrogen) atoms. The zero-order valence-corrected chi connectivity index (χ0v) is 20.1. The van der Waals surface area contributed by atoms with Gasteiger partial charge in [0.25, 0.3) is 0 Å². The fraction of sp³-hybridized carbons (Fsp3) is 0.500. The van der Waals surface area contributed by atoms with Crippen LogP contribution in [0.25, 0.3) is 0 Å². The summed E-state index contributed by atoms with van der Waals surface area (Å²) in [6, 6.07) is 4.33. The van der Waals surface area contributed by atoms with Crippen LogP contribution in [0.2, 0.25) is 0 Å². The molecule has 0 radical (unpaired) electrons. The number of benzene rings is 1. The standard InChI is InChI=1S/C22H33N5O6S/c1-12(2)8-16(22(32)33)26-20(30)15(10-18(24)28)25-21(31)17(11-34)27-19(29)14(23)9-13-6-4-3-5-7-13/h3-7,12,14-17,34H,8-11,23H2,1-2H3,(H2,24,28)(H,25,31)(H,26,30)(H,27,29)(H,32,33). The van der Waals surface area contributed by atoms with Gasteiger partial charge in [-0.2, -0.15) is 12.6 Å². The molecule has 0 aliphatic rings. The lowest BCUT2D eigenvalue weighted by atomic mass is 10.0. The fourth-order valence-corrected chi connectivity index (χ4v) is 3.34. The lowest BCUT2D eigenvalue weighted by Crippen LogP contribution is -2.58. The van der Waals surface area contributed by atoms with Crippen molar-refractivity contribution < 1.29 is 29.1 Å². The number of hydrogen-bond acceptors (Lipinski definition) is 7. The van der Waals surface area contributed by atoms with E-state index < -0.39 is 60.2 Å². The molecule has 12 heteroatoms. The number of hydrogen-bond donors (Lipinski definition) is 7. The van der Waals surface area contributed by atoms with Gasteiger partial charge in [-0.25, -0.2) is 4.79 Å². The summed E-state index contributed by atoms with van der Waals surface area (Å²) in [4.78, 5) is 60.7. The molecule has 8 N–H and O–H groups in total. The van der Waals surface area contributed by atoms with E-state index in [4.69, 9.17) is 11.5 Å². The number of aliphatic carboxylic acids is 1. The summed E-state index contributed by atoms with van der Waals surface area (Å²) in [5.74, 6) is -4.57. The molecule has 1 aromatic carbocycles. The van der Waals surface area contributed by atoms with Gasteiger partial charge in [0.05, 0.1) is 12.5 Å². The van der Waals surface area contributed by atoms with Gasteiger partial charge >= 0.3 is 5.97 Å². The van der Waals surface area contributed by atoms with Gasteiger partial charge < -0.3 is 32.5 Å². The molecule has 11 nitrogen and oxygen atoms in total. The number of nitrogens with two attached hydrogens (primary N) is 2. The second kappa shape index (κ2) is 14.2. The number of thiol groups is 1. The number of carboxylic acids is 1. The SMILES string of the molecule is CC(C)CC(NC(=O)C(CC(N)=O)NC(=O)C(CS)NC(=O)C(N)Cc1ccccc1)C(=O)O. The van der Waals surface area contributed by atoms with Gasteiger partial charge in [0.15, 0.2) is 0 Å². The molecular weight excluding hydrogens is 462 g/mol. The Morgan fingerprint density at radius 2 is 1.44 bits per heavy atom. The highest BCUT2D eigenvalue weighted by Gasteiger charge is 2.31. The second-order valence-electron chi connectivity index (χ2n) is 8.30. The van der Waals surface area contributed by atoms with E-state index in [1.807, 2.05) is 30.3 Å². The van der Waals surface area contributed by atoms with Crippen molar-refractivity contribution in [1.29, 1.82) is 0 Å². The van der Waals surface area contributed by atoms with E-state index >= 15 is 0 Å². The molecule has 1 rings (SSSR count). The first-order valence-corrected chi connectivity index (χ1v) is 11.4. The Morgan fingerprint density at radius 1 is 0.912 bits per heavy atom. The van der Waals surface area contributed by atoms with Gasteiger partial charge in [-0.15, -0.1) is 0 Å². The third-order valence-corrected chi connectivity index (χ3v) is 5.18. The summed E-state index contributed by atoms with van der Waals surface area (Å²) in [5, 5.41) is 16.5. The normalized spacial score (nSPS) is 14.4. The van der Waals surface area contributed by atoms with Crippen LogP contribution in [0, 0.1) is 5.92 Å². The average Bonchev–Trinajstić information content (AvgIpc) is 2.76. The topological polar surface area (TPSA) is 194 Å². The van der Waals surface area contributed by atoms with Crippen molar-refractivity contribution >= 4 is 42.2 Å². The summed E-state index contributed by atoms with van der Waals surface area (Å²) >= 11 is 4.08. The van der Waals surface area contributed by atoms with E-state index in [1.165, 1.54) is 0 Å². The van der Waals surface area contributed by atoms with Crippen LogP contribution < -0.4 is 27.4 Å². The van der Waals surface area contributed by atoms with E-state index in [0.29, 0.717) is 0 Å². The van der Waals surface area contributed by atoms with Crippen LogP contribution in [-0.4, -0.2) is 64.6 Å². The van der Waals surface area contributed by atoms with Crippen molar-refractivity contribution in [2.75, 3.05) is 5.75 Å². The Bertz CT molecular complexity index is 867. The van der Waals surface area contributed by atoms with Crippen LogP contribution in [0.4, 0.5) is 0 Å². The molecule has 188 valence electrons. The van der Waals surface area contributed by atoms with Crippen molar-refractivity contribution in [3.05, 3.63) is 35.9 Å². The Balaban J connectivity index is 2.84. The van der Waals surface area contributed by atoms with Crippen molar-refractivity contribution in [2.24, 2.45) is 17.4 Å². The number of rotatable bonds is 14. The fourth-order valence-electron chi connectivity index (χ4n) is 3.08. The monoisotopic (exact) mass is 495 g/mol. The van der Waals surface area contributed by atoms with Gasteiger partial charge in [-0.3, -0.25) is 19.2 Å². The molecular formula is C22H33N5O6S. The van der Waals surface area contributed by atoms with Crippen molar-refractivity contribution in [3.8, 4) is 0 Å². The zero-order valence-electron chi connectivity index (χ0n) is 19.2. The maximum atomic E-state index is 12.7. The molecule has 0 bridgehead atoms. The largest absolute Gasteiger partial charge is 0.480 e. The van der Waals surface area contributed by atoms with Gasteiger partial charge in [0.2, 0.25) is 23.6 Å². The van der Waals surface area contributed by atoms with Crippen molar-refractivity contribution in [2.45, 2.75) is 57.3 Å². The van der Waals surface area contributed by atoms with E-state index in [9.17, 15) is 29.1 Å². The molecule has 1 aromatic rings. The van der Waals surface area contributed by atoms with E-state index in [0.717, 1.165) is 5.56 Å². The molecule has 0 aliphatic heterocycles. The maximum Gasteiger partial charge on any atom is 0.326 e. The van der Waals surface area contributed by atoms with Gasteiger partial charge in [0.1, 0.15) is 18.1 Å². The van der Waals surface area contributed by atoms with Gasteiger partial charge in [0, 0.05) is 5.75 Å². The quantitative estimate of drug-likeness (QED) is 0.160. The zero-order chi connectivity index (χ0) is 25.8. The smallest absolute Gasteiger partial charge is 0.326 e. The third-order valence-electron chi connectivity index (χ3n) is 4.81. The Hall–Kier alpha value is -3.12. The minimum atomic E-state index is -1.43. The van der Waals surface area contributed by atoms with E-state index in [2.05, 4.69) is 28.6 Å². The number of primary amides is 1. The molecule has 0 saturated carbocycles. The molecule has 0 fully saturated rings. The summed E-state index contributed by atoms with van der Waals surface area (Å²) in [7, 11) is 0. The average molecular weight is 496 g/mol. The van der Waals surface area contributed by atoms with Crippen LogP contribution in [0.3, 0.4) is 0 Å². The highest BCUT2D eigenvalue weighted by atomic mass is 32.1. The maximum absolute atomic E-state index is 12.7. The highest BCUT2D eigenvalue weighted by molar-refractivity contribution is 7.80. The Labute approximate surface area is 203 Å². The molecule has 0 saturated heterocycles. The van der Waals surface area contributed by atoms with Crippen molar-refractivity contribution in [1.82, 2.24) is 16.0 Å². The number of carbonyl (C=O) groups excluding carboxylic acids is 4. The molecule has 0 spiro atoms.